The summed E-state index contributed by atoms with van der Waals surface area (Å²) in [6.45, 7) is 24.1. The summed E-state index contributed by atoms with van der Waals surface area (Å²) >= 11 is 0. The van der Waals surface area contributed by atoms with E-state index >= 15 is 0 Å². The number of hydrogen-bond donors (Lipinski definition) is 0. The molecule has 0 aromatic heterocycles. The lowest BCUT2D eigenvalue weighted by Crippen LogP contribution is -2.50. The van der Waals surface area contributed by atoms with E-state index in [4.69, 9.17) is 9.47 Å². The molecular formula is C22H42N2O2+2. The fraction of sp³-hybridized carbons (Fsp3) is 0.727. The van der Waals surface area contributed by atoms with E-state index in [2.05, 4.69) is 41.5 Å². The van der Waals surface area contributed by atoms with Gasteiger partial charge in [-0.3, -0.25) is 0 Å². The topological polar surface area (TPSA) is 18.5 Å². The first kappa shape index (κ1) is 22.8. The molecule has 0 atom stereocenters. The van der Waals surface area contributed by atoms with Crippen molar-refractivity contribution in [2.75, 3.05) is 65.6 Å². The van der Waals surface area contributed by atoms with Crippen LogP contribution in [0.3, 0.4) is 0 Å². The molecule has 1 rings (SSSR count). The van der Waals surface area contributed by atoms with Crippen molar-refractivity contribution in [2.45, 2.75) is 41.5 Å². The van der Waals surface area contributed by atoms with Gasteiger partial charge in [0.2, 0.25) is 0 Å². The maximum atomic E-state index is 6.11. The van der Waals surface area contributed by atoms with Gasteiger partial charge in [-0.25, -0.2) is 0 Å². The molecule has 0 saturated heterocycles. The number of likely N-dealkylation sites (N-methyl/N-ethyl adjacent to an activating group) is 2. The van der Waals surface area contributed by atoms with Crippen LogP contribution in [0.1, 0.15) is 41.5 Å². The summed E-state index contributed by atoms with van der Waals surface area (Å²) in [4.78, 5) is 0. The van der Waals surface area contributed by atoms with Crippen molar-refractivity contribution in [2.24, 2.45) is 0 Å². The number of rotatable bonds is 14. The SMILES string of the molecule is CC[N+](CC)(CC)CCOc1ccccc1OCC[N+](CC)(CC)CC. The highest BCUT2D eigenvalue weighted by Crippen LogP contribution is 2.26. The largest absolute Gasteiger partial charge is 0.484 e. The van der Waals surface area contributed by atoms with E-state index in [1.807, 2.05) is 24.3 Å². The van der Waals surface area contributed by atoms with E-state index in [9.17, 15) is 0 Å². The lowest BCUT2D eigenvalue weighted by atomic mass is 10.3. The van der Waals surface area contributed by atoms with Gasteiger partial charge in [-0.2, -0.15) is 0 Å². The zero-order valence-electron chi connectivity index (χ0n) is 18.1. The Morgan fingerprint density at radius 1 is 0.577 bits per heavy atom. The van der Waals surface area contributed by atoms with Crippen molar-refractivity contribution >= 4 is 0 Å². The van der Waals surface area contributed by atoms with E-state index in [0.717, 1.165) is 86.0 Å². The fourth-order valence-corrected chi connectivity index (χ4v) is 3.68. The van der Waals surface area contributed by atoms with Crippen LogP contribution in [0.25, 0.3) is 0 Å². The number of hydrogen-bond acceptors (Lipinski definition) is 2. The van der Waals surface area contributed by atoms with Crippen LogP contribution in [0, 0.1) is 0 Å². The Bertz CT molecular complexity index is 435. The lowest BCUT2D eigenvalue weighted by Gasteiger charge is -2.36. The summed E-state index contributed by atoms with van der Waals surface area (Å²) in [6.07, 6.45) is 0. The molecule has 0 heterocycles. The molecule has 0 amide bonds. The standard InChI is InChI=1S/C22H42N2O2/c1-7-23(8-2,9-3)17-19-25-21-15-13-14-16-22(21)26-20-18-24(10-4,11-5)12-6/h13-16H,7-12,17-20H2,1-6H3/q+2. The van der Waals surface area contributed by atoms with Gasteiger partial charge >= 0.3 is 0 Å². The Balaban J connectivity index is 2.62. The van der Waals surface area contributed by atoms with Gasteiger partial charge in [0.25, 0.3) is 0 Å². The van der Waals surface area contributed by atoms with Crippen LogP contribution in [0.2, 0.25) is 0 Å². The van der Waals surface area contributed by atoms with Crippen LogP contribution < -0.4 is 9.47 Å². The van der Waals surface area contributed by atoms with Crippen molar-refractivity contribution in [3.63, 3.8) is 0 Å². The van der Waals surface area contributed by atoms with Crippen molar-refractivity contribution in [3.05, 3.63) is 24.3 Å². The van der Waals surface area contributed by atoms with Crippen LogP contribution in [0.4, 0.5) is 0 Å². The fourth-order valence-electron chi connectivity index (χ4n) is 3.68. The third kappa shape index (κ3) is 6.17. The molecule has 0 fully saturated rings. The van der Waals surface area contributed by atoms with Crippen molar-refractivity contribution in [1.82, 2.24) is 0 Å². The molecule has 0 aliphatic carbocycles. The smallest absolute Gasteiger partial charge is 0.161 e. The molecule has 0 N–H and O–H groups in total. The molecule has 0 spiro atoms. The average molecular weight is 367 g/mol. The minimum atomic E-state index is 0.731. The van der Waals surface area contributed by atoms with Crippen LogP contribution >= 0.6 is 0 Å². The van der Waals surface area contributed by atoms with Crippen LogP contribution in [0.15, 0.2) is 24.3 Å². The van der Waals surface area contributed by atoms with Gasteiger partial charge in [0.1, 0.15) is 26.3 Å². The van der Waals surface area contributed by atoms with Crippen molar-refractivity contribution < 1.29 is 18.4 Å². The Morgan fingerprint density at radius 2 is 0.885 bits per heavy atom. The number of nitrogens with zero attached hydrogens (tertiary/aromatic N) is 2. The highest BCUT2D eigenvalue weighted by atomic mass is 16.5. The summed E-state index contributed by atoms with van der Waals surface area (Å²) in [6, 6.07) is 8.09. The summed E-state index contributed by atoms with van der Waals surface area (Å²) < 4.78 is 14.4. The Labute approximate surface area is 161 Å². The first-order chi connectivity index (χ1) is 12.5. The molecule has 0 unspecified atom stereocenters. The number of benzene rings is 1. The van der Waals surface area contributed by atoms with Gasteiger partial charge in [-0.1, -0.05) is 12.1 Å². The quantitative estimate of drug-likeness (QED) is 0.460. The van der Waals surface area contributed by atoms with Crippen LogP contribution in [0.5, 0.6) is 11.5 Å². The molecule has 0 bridgehead atoms. The molecular weight excluding hydrogens is 324 g/mol. The number of quaternary nitrogens is 2. The van der Waals surface area contributed by atoms with Crippen molar-refractivity contribution in [1.29, 1.82) is 0 Å². The van der Waals surface area contributed by atoms with Gasteiger partial charge in [-0.15, -0.1) is 0 Å². The monoisotopic (exact) mass is 366 g/mol. The number of para-hydroxylation sites is 2. The summed E-state index contributed by atoms with van der Waals surface area (Å²) in [5, 5.41) is 0. The number of ether oxygens (including phenoxy) is 2. The summed E-state index contributed by atoms with van der Waals surface area (Å²) in [5.74, 6) is 1.74. The van der Waals surface area contributed by atoms with Crippen molar-refractivity contribution in [3.8, 4) is 11.5 Å². The maximum Gasteiger partial charge on any atom is 0.161 e. The van der Waals surface area contributed by atoms with E-state index in [1.165, 1.54) is 0 Å². The van der Waals surface area contributed by atoms with Gasteiger partial charge < -0.3 is 18.4 Å². The molecule has 1 aromatic rings. The average Bonchev–Trinajstić information content (AvgIpc) is 2.70. The van der Waals surface area contributed by atoms with Gasteiger partial charge in [0, 0.05) is 0 Å². The highest BCUT2D eigenvalue weighted by molar-refractivity contribution is 5.39. The summed E-state index contributed by atoms with van der Waals surface area (Å²) in [7, 11) is 0. The second-order valence-corrected chi connectivity index (χ2v) is 7.17. The highest BCUT2D eigenvalue weighted by Gasteiger charge is 2.22. The van der Waals surface area contributed by atoms with E-state index in [0.29, 0.717) is 0 Å². The zero-order valence-corrected chi connectivity index (χ0v) is 18.1. The summed E-state index contributed by atoms with van der Waals surface area (Å²) in [5.41, 5.74) is 0. The molecule has 1 aromatic carbocycles. The predicted octanol–water partition coefficient (Wildman–Crippen LogP) is 4.20. The third-order valence-corrected chi connectivity index (χ3v) is 6.52. The van der Waals surface area contributed by atoms with E-state index in [-0.39, 0.29) is 0 Å². The predicted molar refractivity (Wildman–Crippen MR) is 111 cm³/mol. The van der Waals surface area contributed by atoms with Gasteiger partial charge in [-0.05, 0) is 53.7 Å². The first-order valence-corrected chi connectivity index (χ1v) is 10.6. The molecule has 150 valence electrons. The van der Waals surface area contributed by atoms with Crippen LogP contribution in [-0.2, 0) is 0 Å². The lowest BCUT2D eigenvalue weighted by molar-refractivity contribution is -0.923. The molecule has 0 aliphatic heterocycles. The Hall–Kier alpha value is -1.26. The second-order valence-electron chi connectivity index (χ2n) is 7.17. The van der Waals surface area contributed by atoms with Gasteiger partial charge in [0.15, 0.2) is 11.5 Å². The minimum Gasteiger partial charge on any atom is -0.484 e. The first-order valence-electron chi connectivity index (χ1n) is 10.6. The minimum absolute atomic E-state index is 0.731. The molecule has 4 nitrogen and oxygen atoms in total. The normalized spacial score (nSPS) is 12.2. The second kappa shape index (κ2) is 11.5. The molecule has 26 heavy (non-hydrogen) atoms. The molecule has 0 aliphatic rings. The van der Waals surface area contributed by atoms with Gasteiger partial charge in [0.05, 0.1) is 39.3 Å². The zero-order chi connectivity index (χ0) is 19.5. The Morgan fingerprint density at radius 3 is 1.15 bits per heavy atom. The maximum absolute atomic E-state index is 6.11. The molecule has 4 heteroatoms. The third-order valence-electron chi connectivity index (χ3n) is 6.52. The van der Waals surface area contributed by atoms with E-state index < -0.39 is 0 Å². The van der Waals surface area contributed by atoms with Crippen LogP contribution in [-0.4, -0.2) is 74.5 Å². The molecule has 0 radical (unpaired) electrons. The molecule has 0 saturated carbocycles. The van der Waals surface area contributed by atoms with E-state index in [1.54, 1.807) is 0 Å². The Kier molecular flexibility index (Phi) is 10.0.